The van der Waals surface area contributed by atoms with Gasteiger partial charge in [0, 0.05) is 12.5 Å². The van der Waals surface area contributed by atoms with Gasteiger partial charge in [-0.25, -0.2) is 0 Å². The number of hydrogen-bond donors (Lipinski definition) is 0. The maximum Gasteiger partial charge on any atom is 0.228 e. The zero-order valence-corrected chi connectivity index (χ0v) is 8.36. The van der Waals surface area contributed by atoms with Crippen LogP contribution < -0.4 is 0 Å². The molecule has 2 heteroatoms. The Morgan fingerprint density at radius 2 is 1.60 bits per heavy atom. The molecule has 0 bridgehead atoms. The standard InChI is InChI=1S/C13H10O2/c1-9(14)13(15)12-8-4-6-10-5-2-3-7-11(10)12/h2-8H,1H3. The molecule has 0 unspecified atom stereocenters. The van der Waals surface area contributed by atoms with E-state index in [9.17, 15) is 9.59 Å². The smallest absolute Gasteiger partial charge is 0.228 e. The minimum absolute atomic E-state index is 0.424. The van der Waals surface area contributed by atoms with Gasteiger partial charge in [0.2, 0.25) is 5.78 Å². The molecule has 0 heterocycles. The molecular weight excluding hydrogens is 188 g/mol. The molecule has 74 valence electrons. The van der Waals surface area contributed by atoms with Crippen LogP contribution in [-0.4, -0.2) is 11.6 Å². The zero-order valence-electron chi connectivity index (χ0n) is 8.36. The Morgan fingerprint density at radius 3 is 2.33 bits per heavy atom. The summed E-state index contributed by atoms with van der Waals surface area (Å²) in [5.74, 6) is -0.849. The molecule has 2 nitrogen and oxygen atoms in total. The quantitative estimate of drug-likeness (QED) is 0.549. The summed E-state index contributed by atoms with van der Waals surface area (Å²) in [6.45, 7) is 1.30. The van der Waals surface area contributed by atoms with Gasteiger partial charge in [0.25, 0.3) is 0 Å². The first kappa shape index (κ1) is 9.59. The average Bonchev–Trinajstić information content (AvgIpc) is 2.27. The third-order valence-corrected chi connectivity index (χ3v) is 2.35. The van der Waals surface area contributed by atoms with E-state index in [1.165, 1.54) is 6.92 Å². The van der Waals surface area contributed by atoms with Crippen molar-refractivity contribution in [1.29, 1.82) is 0 Å². The molecular formula is C13H10O2. The molecule has 0 atom stereocenters. The van der Waals surface area contributed by atoms with Gasteiger partial charge in [-0.05, 0) is 10.8 Å². The van der Waals surface area contributed by atoms with E-state index in [-0.39, 0.29) is 0 Å². The van der Waals surface area contributed by atoms with Crippen LogP contribution in [0.4, 0.5) is 0 Å². The summed E-state index contributed by atoms with van der Waals surface area (Å²) in [6.07, 6.45) is 0. The topological polar surface area (TPSA) is 34.1 Å². The molecule has 15 heavy (non-hydrogen) atoms. The normalized spacial score (nSPS) is 10.2. The van der Waals surface area contributed by atoms with Crippen LogP contribution in [0, 0.1) is 0 Å². The number of carbonyl (C=O) groups is 2. The van der Waals surface area contributed by atoms with Crippen molar-refractivity contribution in [2.24, 2.45) is 0 Å². The van der Waals surface area contributed by atoms with Gasteiger partial charge in [-0.3, -0.25) is 9.59 Å². The van der Waals surface area contributed by atoms with Gasteiger partial charge < -0.3 is 0 Å². The molecule has 2 rings (SSSR count). The summed E-state index contributed by atoms with van der Waals surface area (Å²) in [7, 11) is 0. The molecule has 0 spiro atoms. The Morgan fingerprint density at radius 1 is 0.933 bits per heavy atom. The molecule has 0 aromatic heterocycles. The number of carbonyl (C=O) groups excluding carboxylic acids is 2. The lowest BCUT2D eigenvalue weighted by Crippen LogP contribution is -2.09. The number of rotatable bonds is 2. The largest absolute Gasteiger partial charge is 0.291 e. The van der Waals surface area contributed by atoms with Crippen molar-refractivity contribution >= 4 is 22.3 Å². The summed E-state index contributed by atoms with van der Waals surface area (Å²) < 4.78 is 0. The molecule has 0 aliphatic heterocycles. The molecule has 0 amide bonds. The Labute approximate surface area is 87.5 Å². The molecule has 0 aliphatic rings. The van der Waals surface area contributed by atoms with Gasteiger partial charge in [0.1, 0.15) is 0 Å². The van der Waals surface area contributed by atoms with Crippen molar-refractivity contribution in [3.8, 4) is 0 Å². The van der Waals surface area contributed by atoms with Crippen LogP contribution in [0.15, 0.2) is 42.5 Å². The average molecular weight is 198 g/mol. The van der Waals surface area contributed by atoms with Crippen molar-refractivity contribution in [2.75, 3.05) is 0 Å². The summed E-state index contributed by atoms with van der Waals surface area (Å²) in [5.41, 5.74) is 0.487. The van der Waals surface area contributed by atoms with E-state index in [4.69, 9.17) is 0 Å². The number of benzene rings is 2. The van der Waals surface area contributed by atoms with Gasteiger partial charge in [0.05, 0.1) is 0 Å². The summed E-state index contributed by atoms with van der Waals surface area (Å²) in [4.78, 5) is 22.6. The minimum Gasteiger partial charge on any atom is -0.291 e. The SMILES string of the molecule is CC(=O)C(=O)c1cccc2ccccc12. The Balaban J connectivity index is 2.71. The molecule has 0 aliphatic carbocycles. The van der Waals surface area contributed by atoms with Crippen LogP contribution in [0.2, 0.25) is 0 Å². The fourth-order valence-electron chi connectivity index (χ4n) is 1.61. The Hall–Kier alpha value is -1.96. The summed E-state index contributed by atoms with van der Waals surface area (Å²) in [5, 5.41) is 1.81. The van der Waals surface area contributed by atoms with Gasteiger partial charge >= 0.3 is 0 Å². The third kappa shape index (κ3) is 1.66. The molecule has 0 radical (unpaired) electrons. The van der Waals surface area contributed by atoms with E-state index in [1.54, 1.807) is 12.1 Å². The first-order valence-electron chi connectivity index (χ1n) is 4.73. The summed E-state index contributed by atoms with van der Waals surface area (Å²) in [6, 6.07) is 12.9. The predicted molar refractivity (Wildman–Crippen MR) is 59.0 cm³/mol. The van der Waals surface area contributed by atoms with E-state index >= 15 is 0 Å². The van der Waals surface area contributed by atoms with Gasteiger partial charge in [-0.2, -0.15) is 0 Å². The molecule has 0 fully saturated rings. The first-order chi connectivity index (χ1) is 7.20. The maximum atomic E-state index is 11.6. The Kier molecular flexibility index (Phi) is 2.34. The lowest BCUT2D eigenvalue weighted by molar-refractivity contribution is -0.113. The lowest BCUT2D eigenvalue weighted by Gasteiger charge is -2.02. The van der Waals surface area contributed by atoms with Crippen LogP contribution in [0.3, 0.4) is 0 Å². The van der Waals surface area contributed by atoms with E-state index < -0.39 is 11.6 Å². The van der Waals surface area contributed by atoms with Crippen LogP contribution in [0.1, 0.15) is 17.3 Å². The van der Waals surface area contributed by atoms with Crippen molar-refractivity contribution in [2.45, 2.75) is 6.92 Å². The van der Waals surface area contributed by atoms with Gasteiger partial charge in [-0.1, -0.05) is 42.5 Å². The van der Waals surface area contributed by atoms with E-state index in [0.29, 0.717) is 5.56 Å². The number of hydrogen-bond acceptors (Lipinski definition) is 2. The van der Waals surface area contributed by atoms with Crippen molar-refractivity contribution in [3.63, 3.8) is 0 Å². The predicted octanol–water partition coefficient (Wildman–Crippen LogP) is 2.61. The number of fused-ring (bicyclic) bond motifs is 1. The van der Waals surface area contributed by atoms with Crippen LogP contribution in [0.5, 0.6) is 0 Å². The zero-order chi connectivity index (χ0) is 10.8. The highest BCUT2D eigenvalue weighted by atomic mass is 16.2. The number of ketones is 2. The second kappa shape index (κ2) is 3.65. The highest BCUT2D eigenvalue weighted by molar-refractivity contribution is 6.45. The lowest BCUT2D eigenvalue weighted by atomic mass is 10.00. The highest BCUT2D eigenvalue weighted by Gasteiger charge is 2.13. The maximum absolute atomic E-state index is 11.6. The van der Waals surface area contributed by atoms with Crippen molar-refractivity contribution in [1.82, 2.24) is 0 Å². The first-order valence-corrected chi connectivity index (χ1v) is 4.73. The van der Waals surface area contributed by atoms with Crippen molar-refractivity contribution in [3.05, 3.63) is 48.0 Å². The third-order valence-electron chi connectivity index (χ3n) is 2.35. The van der Waals surface area contributed by atoms with Crippen LogP contribution in [0.25, 0.3) is 10.8 Å². The fourth-order valence-corrected chi connectivity index (χ4v) is 1.61. The van der Waals surface area contributed by atoms with Crippen LogP contribution in [-0.2, 0) is 4.79 Å². The minimum atomic E-state index is -0.425. The second-order valence-electron chi connectivity index (χ2n) is 3.41. The van der Waals surface area contributed by atoms with E-state index in [2.05, 4.69) is 0 Å². The van der Waals surface area contributed by atoms with Crippen LogP contribution >= 0.6 is 0 Å². The molecule has 2 aromatic rings. The Bertz CT molecular complexity index is 536. The van der Waals surface area contributed by atoms with Gasteiger partial charge in [-0.15, -0.1) is 0 Å². The monoisotopic (exact) mass is 198 g/mol. The molecule has 0 N–H and O–H groups in total. The molecule has 2 aromatic carbocycles. The molecule has 0 saturated carbocycles. The molecule has 0 saturated heterocycles. The van der Waals surface area contributed by atoms with E-state index in [1.807, 2.05) is 30.3 Å². The summed E-state index contributed by atoms with van der Waals surface area (Å²) >= 11 is 0. The highest BCUT2D eigenvalue weighted by Crippen LogP contribution is 2.18. The van der Waals surface area contributed by atoms with Gasteiger partial charge in [0.15, 0.2) is 5.78 Å². The van der Waals surface area contributed by atoms with E-state index in [0.717, 1.165) is 10.8 Å². The fraction of sp³-hybridized carbons (Fsp3) is 0.0769. The number of Topliss-reactive ketones (excluding diaryl/α,β-unsaturated/α-hetero) is 2. The van der Waals surface area contributed by atoms with Crippen molar-refractivity contribution < 1.29 is 9.59 Å². The second-order valence-corrected chi connectivity index (χ2v) is 3.41.